The van der Waals surface area contributed by atoms with E-state index in [0.717, 1.165) is 18.5 Å². The minimum absolute atomic E-state index is 0.760. The molecule has 0 aliphatic heterocycles. The molecule has 0 amide bonds. The molecule has 64 valence electrons. The number of hydrogen-bond acceptors (Lipinski definition) is 2. The lowest BCUT2D eigenvalue weighted by Crippen LogP contribution is -2.30. The van der Waals surface area contributed by atoms with Crippen LogP contribution in [0.25, 0.3) is 0 Å². The predicted molar refractivity (Wildman–Crippen MR) is 49.2 cm³/mol. The molecule has 1 fully saturated rings. The molecule has 2 nitrogen and oxygen atoms in total. The molecule has 1 saturated carbocycles. The van der Waals surface area contributed by atoms with Gasteiger partial charge in [-0.2, -0.15) is 0 Å². The van der Waals surface area contributed by atoms with E-state index in [9.17, 15) is 0 Å². The highest BCUT2D eigenvalue weighted by Crippen LogP contribution is 2.23. The summed E-state index contributed by atoms with van der Waals surface area (Å²) in [5.41, 5.74) is 0. The number of nitrogens with zero attached hydrogens (tertiary/aromatic N) is 1. The normalized spacial score (nSPS) is 31.7. The van der Waals surface area contributed by atoms with Gasteiger partial charge in [-0.15, -0.1) is 0 Å². The van der Waals surface area contributed by atoms with Crippen molar-refractivity contribution >= 4 is 6.72 Å². The third-order valence-corrected chi connectivity index (χ3v) is 2.64. The van der Waals surface area contributed by atoms with Gasteiger partial charge in [0.25, 0.3) is 0 Å². The van der Waals surface area contributed by atoms with Crippen LogP contribution in [0.2, 0.25) is 0 Å². The van der Waals surface area contributed by atoms with E-state index in [2.05, 4.69) is 24.1 Å². The van der Waals surface area contributed by atoms with Gasteiger partial charge < -0.3 is 10.3 Å². The third kappa shape index (κ3) is 2.62. The lowest BCUT2D eigenvalue weighted by atomic mass is 9.86. The minimum Gasteiger partial charge on any atom is -0.317 e. The van der Waals surface area contributed by atoms with E-state index in [4.69, 9.17) is 0 Å². The van der Waals surface area contributed by atoms with E-state index in [-0.39, 0.29) is 0 Å². The zero-order valence-electron chi connectivity index (χ0n) is 7.34. The first-order valence-electron chi connectivity index (χ1n) is 4.46. The van der Waals surface area contributed by atoms with Crippen molar-refractivity contribution in [2.45, 2.75) is 31.7 Å². The van der Waals surface area contributed by atoms with Gasteiger partial charge in [-0.05, 0) is 45.4 Å². The van der Waals surface area contributed by atoms with Crippen LogP contribution in [0.3, 0.4) is 0 Å². The monoisotopic (exact) mass is 154 g/mol. The maximum Gasteiger partial charge on any atom is 0.0410 e. The molecule has 0 unspecified atom stereocenters. The molecule has 1 aliphatic carbocycles. The number of rotatable bonds is 3. The Hall–Kier alpha value is -0.370. The summed E-state index contributed by atoms with van der Waals surface area (Å²) < 4.78 is 0. The molecule has 2 heteroatoms. The van der Waals surface area contributed by atoms with Crippen LogP contribution in [0.5, 0.6) is 0 Å². The first kappa shape index (κ1) is 8.72. The molecule has 0 saturated heterocycles. The molecule has 0 atom stereocenters. The summed E-state index contributed by atoms with van der Waals surface area (Å²) in [7, 11) is 2.05. The van der Waals surface area contributed by atoms with E-state index < -0.39 is 0 Å². The van der Waals surface area contributed by atoms with Crippen LogP contribution in [-0.2, 0) is 0 Å². The van der Waals surface area contributed by atoms with Crippen LogP contribution in [0, 0.1) is 5.92 Å². The van der Waals surface area contributed by atoms with Gasteiger partial charge in [-0.3, -0.25) is 0 Å². The average Bonchev–Trinajstić information content (AvgIpc) is 2.07. The molecular formula is C9H18N2. The van der Waals surface area contributed by atoms with Gasteiger partial charge in [0, 0.05) is 12.6 Å². The average molecular weight is 154 g/mol. The lowest BCUT2D eigenvalue weighted by Gasteiger charge is -2.26. The molecule has 0 aromatic rings. The Bertz CT molecular complexity index is 115. The summed E-state index contributed by atoms with van der Waals surface area (Å²) >= 11 is 0. The fourth-order valence-corrected chi connectivity index (χ4v) is 1.82. The summed E-state index contributed by atoms with van der Waals surface area (Å²) in [6.45, 7) is 4.50. The molecule has 0 spiro atoms. The molecule has 0 heterocycles. The Morgan fingerprint density at radius 3 is 2.45 bits per heavy atom. The van der Waals surface area contributed by atoms with E-state index in [0.29, 0.717) is 0 Å². The van der Waals surface area contributed by atoms with Gasteiger partial charge in [0.05, 0.1) is 0 Å². The van der Waals surface area contributed by atoms with Gasteiger partial charge in [-0.25, -0.2) is 0 Å². The van der Waals surface area contributed by atoms with Crippen LogP contribution in [0.1, 0.15) is 25.7 Å². The van der Waals surface area contributed by atoms with Crippen LogP contribution in [-0.4, -0.2) is 26.4 Å². The summed E-state index contributed by atoms with van der Waals surface area (Å²) in [6, 6.07) is 0.760. The van der Waals surface area contributed by atoms with Gasteiger partial charge in [0.15, 0.2) is 0 Å². The van der Waals surface area contributed by atoms with Crippen LogP contribution >= 0.6 is 0 Å². The number of hydrogen-bond donors (Lipinski definition) is 1. The van der Waals surface area contributed by atoms with Crippen molar-refractivity contribution in [2.24, 2.45) is 10.9 Å². The Balaban J connectivity index is 2.18. The maximum atomic E-state index is 3.94. The topological polar surface area (TPSA) is 24.4 Å². The molecular weight excluding hydrogens is 136 g/mol. The molecule has 11 heavy (non-hydrogen) atoms. The van der Waals surface area contributed by atoms with E-state index >= 15 is 0 Å². The predicted octanol–water partition coefficient (Wildman–Crippen LogP) is 1.47. The van der Waals surface area contributed by atoms with Gasteiger partial charge in [0.2, 0.25) is 0 Å². The van der Waals surface area contributed by atoms with Crippen molar-refractivity contribution in [3.8, 4) is 0 Å². The van der Waals surface area contributed by atoms with Crippen molar-refractivity contribution in [3.05, 3.63) is 0 Å². The maximum absolute atomic E-state index is 3.94. The van der Waals surface area contributed by atoms with Crippen molar-refractivity contribution < 1.29 is 0 Å². The standard InChI is InChI=1S/C9H18N2/c1-10-7-8-3-5-9(11-2)6-4-8/h8-9,11H,1,3-7H2,2H3/t8-,9-. The SMILES string of the molecule is C=NC[C@H]1CC[C@H](NC)CC1. The largest absolute Gasteiger partial charge is 0.317 e. The summed E-state index contributed by atoms with van der Waals surface area (Å²) in [6.07, 6.45) is 5.28. The Morgan fingerprint density at radius 2 is 2.00 bits per heavy atom. The van der Waals surface area contributed by atoms with E-state index in [1.807, 2.05) is 0 Å². The van der Waals surface area contributed by atoms with E-state index in [1.165, 1.54) is 25.7 Å². The molecule has 1 rings (SSSR count). The Kier molecular flexibility index (Phi) is 3.57. The van der Waals surface area contributed by atoms with Crippen LogP contribution in [0.4, 0.5) is 0 Å². The number of nitrogens with one attached hydrogen (secondary N) is 1. The second kappa shape index (κ2) is 4.50. The van der Waals surface area contributed by atoms with Crippen molar-refractivity contribution in [2.75, 3.05) is 13.6 Å². The zero-order chi connectivity index (χ0) is 8.10. The third-order valence-electron chi connectivity index (χ3n) is 2.64. The van der Waals surface area contributed by atoms with Crippen molar-refractivity contribution in [3.63, 3.8) is 0 Å². The molecule has 1 aliphatic rings. The molecule has 1 N–H and O–H groups in total. The highest BCUT2D eigenvalue weighted by atomic mass is 14.9. The van der Waals surface area contributed by atoms with Crippen molar-refractivity contribution in [1.29, 1.82) is 0 Å². The second-order valence-corrected chi connectivity index (χ2v) is 3.41. The fourth-order valence-electron chi connectivity index (χ4n) is 1.82. The van der Waals surface area contributed by atoms with Crippen molar-refractivity contribution in [1.82, 2.24) is 5.32 Å². The van der Waals surface area contributed by atoms with Gasteiger partial charge >= 0.3 is 0 Å². The molecule has 0 aromatic heterocycles. The van der Waals surface area contributed by atoms with Gasteiger partial charge in [-0.1, -0.05) is 0 Å². The highest BCUT2D eigenvalue weighted by Gasteiger charge is 2.18. The first-order chi connectivity index (χ1) is 5.36. The molecule has 0 aromatic carbocycles. The fraction of sp³-hybridized carbons (Fsp3) is 0.889. The minimum atomic E-state index is 0.760. The number of aliphatic imine (C=N–C) groups is 1. The quantitative estimate of drug-likeness (QED) is 0.612. The van der Waals surface area contributed by atoms with Crippen LogP contribution in [0.15, 0.2) is 4.99 Å². The van der Waals surface area contributed by atoms with Crippen LogP contribution < -0.4 is 5.32 Å². The lowest BCUT2D eigenvalue weighted by molar-refractivity contribution is 0.308. The van der Waals surface area contributed by atoms with E-state index in [1.54, 1.807) is 0 Å². The summed E-state index contributed by atoms with van der Waals surface area (Å²) in [5, 5.41) is 3.32. The molecule has 0 radical (unpaired) electrons. The highest BCUT2D eigenvalue weighted by molar-refractivity contribution is 5.23. The summed E-state index contributed by atoms with van der Waals surface area (Å²) in [5.74, 6) is 0.817. The Labute approximate surface area is 69.1 Å². The zero-order valence-corrected chi connectivity index (χ0v) is 7.34. The molecule has 0 bridgehead atoms. The van der Waals surface area contributed by atoms with Gasteiger partial charge in [0.1, 0.15) is 0 Å². The second-order valence-electron chi connectivity index (χ2n) is 3.41. The smallest absolute Gasteiger partial charge is 0.0410 e. The Morgan fingerprint density at radius 1 is 1.36 bits per heavy atom. The first-order valence-corrected chi connectivity index (χ1v) is 4.46. The summed E-state index contributed by atoms with van der Waals surface area (Å²) in [4.78, 5) is 3.94.